The van der Waals surface area contributed by atoms with Gasteiger partial charge in [0.25, 0.3) is 5.79 Å². The van der Waals surface area contributed by atoms with Crippen LogP contribution in [0.3, 0.4) is 0 Å². The molecule has 26 nitrogen and oxygen atoms in total. The van der Waals surface area contributed by atoms with Crippen LogP contribution in [-0.4, -0.2) is 244 Å². The van der Waals surface area contributed by atoms with Crippen molar-refractivity contribution in [1.29, 1.82) is 0 Å². The molecule has 26 heteroatoms. The van der Waals surface area contributed by atoms with Crippen LogP contribution in [0.15, 0.2) is 0 Å². The Balaban J connectivity index is 1.52. The van der Waals surface area contributed by atoms with Gasteiger partial charge >= 0.3 is 5.97 Å². The predicted molar refractivity (Wildman–Crippen MR) is 174 cm³/mol. The first-order valence-electron chi connectivity index (χ1n) is 17.7. The average Bonchev–Trinajstić information content (AvgIpc) is 3.16. The third kappa shape index (κ3) is 10.5. The molecule has 4 saturated heterocycles. The summed E-state index contributed by atoms with van der Waals surface area (Å²) in [6.45, 7) is -1.65. The first-order valence-corrected chi connectivity index (χ1v) is 17.7. The number of aliphatic hydroxyl groups excluding tert-OH is 13. The Labute approximate surface area is 322 Å². The third-order valence-corrected chi connectivity index (χ3v) is 9.96. The molecule has 4 fully saturated rings. The van der Waals surface area contributed by atoms with Gasteiger partial charge in [-0.05, 0) is 0 Å². The van der Waals surface area contributed by atoms with E-state index in [0.717, 1.165) is 13.8 Å². The molecule has 57 heavy (non-hydrogen) atoms. The van der Waals surface area contributed by atoms with E-state index in [1.54, 1.807) is 0 Å². The molecule has 0 saturated carbocycles. The molecule has 0 bridgehead atoms. The second-order valence-corrected chi connectivity index (χ2v) is 14.1. The maximum absolute atomic E-state index is 12.6. The molecular formula is C31H52N2O24. The van der Waals surface area contributed by atoms with E-state index in [0.29, 0.717) is 0 Å². The maximum Gasteiger partial charge on any atom is 0.364 e. The monoisotopic (exact) mass is 836 g/mol. The van der Waals surface area contributed by atoms with Crippen molar-refractivity contribution in [3.8, 4) is 0 Å². The zero-order chi connectivity index (χ0) is 42.7. The SMILES string of the molecule is CC(=O)N[C@H]1[C@H](OC[C@H]2O[C@@H](O[C@H]3[C@H](O)[C@@H](O)C(O)O[C@@H]3CO)[C@H](O)[C@@H](O)[C@H]2O)O[C@H](CO[C@]2(C(=O)O)C[C@H](O)[C@@H](NC(C)=O)[C@H]([C@H](O)[C@H](O)CO)O2)[C@@H](O)[C@@H]1O. The summed E-state index contributed by atoms with van der Waals surface area (Å²) in [5, 5.41) is 150. The van der Waals surface area contributed by atoms with Crippen LogP contribution >= 0.6 is 0 Å². The van der Waals surface area contributed by atoms with Gasteiger partial charge in [0.15, 0.2) is 18.9 Å². The van der Waals surface area contributed by atoms with E-state index in [4.69, 9.17) is 33.2 Å². The number of aliphatic carboxylic acids is 1. The van der Waals surface area contributed by atoms with E-state index in [-0.39, 0.29) is 0 Å². The lowest BCUT2D eigenvalue weighted by Gasteiger charge is -2.48. The summed E-state index contributed by atoms with van der Waals surface area (Å²) in [6, 6.07) is -3.12. The van der Waals surface area contributed by atoms with Crippen LogP contribution in [0.1, 0.15) is 20.3 Å². The highest BCUT2D eigenvalue weighted by atomic mass is 16.8. The van der Waals surface area contributed by atoms with E-state index in [2.05, 4.69) is 10.6 Å². The maximum atomic E-state index is 12.6. The number of rotatable bonds is 15. The number of nitrogens with one attached hydrogen (secondary N) is 2. The molecular weight excluding hydrogens is 784 g/mol. The zero-order valence-corrected chi connectivity index (χ0v) is 30.4. The van der Waals surface area contributed by atoms with Crippen molar-refractivity contribution in [3.63, 3.8) is 0 Å². The fourth-order valence-electron chi connectivity index (χ4n) is 6.84. The largest absolute Gasteiger partial charge is 0.477 e. The lowest BCUT2D eigenvalue weighted by atomic mass is 9.88. The van der Waals surface area contributed by atoms with E-state index in [1.165, 1.54) is 0 Å². The molecule has 4 aliphatic rings. The molecule has 0 spiro atoms. The summed E-state index contributed by atoms with van der Waals surface area (Å²) < 4.78 is 38.6. The topological polar surface area (TPSA) is 423 Å². The normalized spacial score (nSPS) is 45.1. The van der Waals surface area contributed by atoms with Gasteiger partial charge in [0.1, 0.15) is 91.5 Å². The second kappa shape index (κ2) is 19.8. The van der Waals surface area contributed by atoms with Crippen LogP contribution in [0, 0.1) is 0 Å². The van der Waals surface area contributed by atoms with E-state index in [1.807, 2.05) is 0 Å². The first-order chi connectivity index (χ1) is 26.7. The van der Waals surface area contributed by atoms with Gasteiger partial charge < -0.3 is 115 Å². The number of hydrogen-bond acceptors (Lipinski definition) is 23. The van der Waals surface area contributed by atoms with Gasteiger partial charge in [-0.3, -0.25) is 9.59 Å². The summed E-state index contributed by atoms with van der Waals surface area (Å²) >= 11 is 0. The fourth-order valence-corrected chi connectivity index (χ4v) is 6.84. The summed E-state index contributed by atoms with van der Waals surface area (Å²) in [4.78, 5) is 36.5. The smallest absolute Gasteiger partial charge is 0.364 e. The van der Waals surface area contributed by atoms with E-state index < -0.39 is 179 Å². The van der Waals surface area contributed by atoms with Gasteiger partial charge in [0.05, 0.1) is 38.6 Å². The van der Waals surface area contributed by atoms with Gasteiger partial charge in [0, 0.05) is 20.3 Å². The second-order valence-electron chi connectivity index (χ2n) is 14.1. The minimum absolute atomic E-state index is 0.747. The molecule has 21 atom stereocenters. The quantitative estimate of drug-likeness (QED) is 0.0728. The molecule has 0 aromatic rings. The number of carboxylic acid groups (broad SMARTS) is 1. The van der Waals surface area contributed by atoms with Crippen LogP contribution in [-0.2, 0) is 47.5 Å². The van der Waals surface area contributed by atoms with E-state index in [9.17, 15) is 85.9 Å². The summed E-state index contributed by atoms with van der Waals surface area (Å²) in [7, 11) is 0. The van der Waals surface area contributed by atoms with Gasteiger partial charge in [-0.15, -0.1) is 0 Å². The molecule has 1 unspecified atom stereocenters. The van der Waals surface area contributed by atoms with Crippen molar-refractivity contribution in [3.05, 3.63) is 0 Å². The predicted octanol–water partition coefficient (Wildman–Crippen LogP) is -10.3. The van der Waals surface area contributed by atoms with Gasteiger partial charge in [-0.1, -0.05) is 0 Å². The average molecular weight is 837 g/mol. The number of hydrogen-bond donors (Lipinski definition) is 16. The summed E-state index contributed by atoms with van der Waals surface area (Å²) in [5.74, 6) is -6.31. The Morgan fingerprint density at radius 1 is 0.719 bits per heavy atom. The van der Waals surface area contributed by atoms with E-state index >= 15 is 0 Å². The molecule has 0 aliphatic carbocycles. The molecule has 0 aromatic carbocycles. The van der Waals surface area contributed by atoms with Crippen molar-refractivity contribution in [2.75, 3.05) is 26.4 Å². The molecule has 2 amide bonds. The summed E-state index contributed by atoms with van der Waals surface area (Å²) in [5.41, 5.74) is 0. The van der Waals surface area contributed by atoms with Crippen molar-refractivity contribution in [2.45, 2.75) is 149 Å². The third-order valence-electron chi connectivity index (χ3n) is 9.96. The lowest BCUT2D eigenvalue weighted by Crippen LogP contribution is -2.69. The van der Waals surface area contributed by atoms with Gasteiger partial charge in [-0.2, -0.15) is 0 Å². The van der Waals surface area contributed by atoms with Crippen LogP contribution in [0.25, 0.3) is 0 Å². The molecule has 0 aromatic heterocycles. The van der Waals surface area contributed by atoms with Crippen LogP contribution < -0.4 is 10.6 Å². The molecule has 4 rings (SSSR count). The Morgan fingerprint density at radius 3 is 1.88 bits per heavy atom. The molecule has 4 heterocycles. The van der Waals surface area contributed by atoms with Crippen molar-refractivity contribution in [1.82, 2.24) is 10.6 Å². The fraction of sp³-hybridized carbons (Fsp3) is 0.903. The molecule has 330 valence electrons. The van der Waals surface area contributed by atoms with Crippen molar-refractivity contribution < 1.29 is 119 Å². The highest BCUT2D eigenvalue weighted by Gasteiger charge is 2.57. The van der Waals surface area contributed by atoms with Crippen LogP contribution in [0.5, 0.6) is 0 Å². The molecule has 0 radical (unpaired) electrons. The molecule has 4 aliphatic heterocycles. The Bertz CT molecular complexity index is 1350. The first kappa shape index (κ1) is 47.3. The van der Waals surface area contributed by atoms with Crippen LogP contribution in [0.4, 0.5) is 0 Å². The summed E-state index contributed by atoms with van der Waals surface area (Å²) in [6.07, 6.45) is -34.7. The standard InChI is InChI=1S/C31H52N2O24/c1-8(36)32-15-10(38)3-31(30(49)50,57-26(15)17(40)11(39)4-34)52-7-14-18(41)20(43)16(33-9(2)37)28(54-14)51-6-13-19(42)21(44)24(47)29(55-13)56-25-12(5-35)53-27(48)23(46)22(25)45/h10-29,34-35,38-48H,3-7H2,1-2H3,(H,32,36)(H,33,37)(H,49,50)/t10-,11+,12+,13+,14+,15+,16+,17+,18+,19-,20+,21-,22+,23+,24+,25+,26+,27?,28+,29-,31+/m0/s1. The van der Waals surface area contributed by atoms with Gasteiger partial charge in [0.2, 0.25) is 11.8 Å². The highest BCUT2D eigenvalue weighted by molar-refractivity contribution is 5.76. The minimum Gasteiger partial charge on any atom is -0.477 e. The Morgan fingerprint density at radius 2 is 1.30 bits per heavy atom. The number of ether oxygens (including phenoxy) is 7. The van der Waals surface area contributed by atoms with Crippen LogP contribution in [0.2, 0.25) is 0 Å². The number of amides is 2. The minimum atomic E-state index is -2.89. The van der Waals surface area contributed by atoms with Crippen molar-refractivity contribution >= 4 is 17.8 Å². The van der Waals surface area contributed by atoms with Crippen molar-refractivity contribution in [2.24, 2.45) is 0 Å². The lowest BCUT2D eigenvalue weighted by molar-refractivity contribution is -0.361. The highest BCUT2D eigenvalue weighted by Crippen LogP contribution is 2.35. The number of carbonyl (C=O) groups excluding carboxylic acids is 2. The number of carbonyl (C=O) groups is 3. The number of carboxylic acids is 1. The number of aliphatic hydroxyl groups is 13. The molecule has 16 N–H and O–H groups in total. The zero-order valence-electron chi connectivity index (χ0n) is 30.4. The Hall–Kier alpha value is -2.39. The van der Waals surface area contributed by atoms with Gasteiger partial charge in [-0.25, -0.2) is 4.79 Å². The Kier molecular flexibility index (Phi) is 16.4.